The van der Waals surface area contributed by atoms with E-state index in [9.17, 15) is 4.79 Å². The summed E-state index contributed by atoms with van der Waals surface area (Å²) in [5, 5.41) is 0. The van der Waals surface area contributed by atoms with Crippen molar-refractivity contribution in [1.29, 1.82) is 0 Å². The van der Waals surface area contributed by atoms with Crippen molar-refractivity contribution in [1.82, 2.24) is 4.90 Å². The molecule has 122 valence electrons. The van der Waals surface area contributed by atoms with Crippen LogP contribution < -0.4 is 10.5 Å². The predicted molar refractivity (Wildman–Crippen MR) is 86.1 cm³/mol. The Bertz CT molecular complexity index is 508. The molecule has 0 bridgehead atoms. The molecule has 2 rings (SSSR count). The Hall–Kier alpha value is -1.75. The minimum Gasteiger partial charge on any atom is -0.497 e. The molecular weight excluding hydrogens is 280 g/mol. The molecule has 1 saturated heterocycles. The summed E-state index contributed by atoms with van der Waals surface area (Å²) in [5.74, 6) is 1.05. The Labute approximate surface area is 132 Å². The lowest BCUT2D eigenvalue weighted by molar-refractivity contribution is 0.0180. The van der Waals surface area contributed by atoms with E-state index in [0.717, 1.165) is 12.2 Å². The lowest BCUT2D eigenvalue weighted by Gasteiger charge is -2.37. The zero-order valence-corrected chi connectivity index (χ0v) is 13.8. The quantitative estimate of drug-likeness (QED) is 0.912. The lowest BCUT2D eigenvalue weighted by atomic mass is 9.88. The standard InChI is InChI=1S/C17H26N2O3/c1-17(2,3)22-16(20)19-10-13(9-14(18)11-19)12-5-7-15(21-4)8-6-12/h5-8,13-14H,9-11,18H2,1-4H3/t13-,14+/m1/s1. The maximum atomic E-state index is 12.3. The van der Waals surface area contributed by atoms with Gasteiger partial charge in [-0.1, -0.05) is 12.1 Å². The molecule has 1 amide bonds. The molecule has 2 atom stereocenters. The fourth-order valence-corrected chi connectivity index (χ4v) is 2.73. The van der Waals surface area contributed by atoms with Crippen LogP contribution in [-0.4, -0.2) is 42.8 Å². The molecule has 1 aromatic carbocycles. The van der Waals surface area contributed by atoms with Crippen molar-refractivity contribution in [3.05, 3.63) is 29.8 Å². The molecule has 1 aromatic rings. The summed E-state index contributed by atoms with van der Waals surface area (Å²) in [4.78, 5) is 14.0. The fraction of sp³-hybridized carbons (Fsp3) is 0.588. The van der Waals surface area contributed by atoms with Crippen LogP contribution >= 0.6 is 0 Å². The molecule has 0 aliphatic carbocycles. The Morgan fingerprint density at radius 1 is 1.23 bits per heavy atom. The second-order valence-electron chi connectivity index (χ2n) is 6.85. The number of carbonyl (C=O) groups is 1. The zero-order valence-electron chi connectivity index (χ0n) is 13.8. The second-order valence-corrected chi connectivity index (χ2v) is 6.85. The summed E-state index contributed by atoms with van der Waals surface area (Å²) in [6, 6.07) is 7.91. The largest absolute Gasteiger partial charge is 0.497 e. The van der Waals surface area contributed by atoms with Crippen LogP contribution in [0, 0.1) is 0 Å². The third kappa shape index (κ3) is 4.37. The first kappa shape index (κ1) is 16.6. The van der Waals surface area contributed by atoms with E-state index in [1.54, 1.807) is 12.0 Å². The third-order valence-electron chi connectivity index (χ3n) is 3.72. The van der Waals surface area contributed by atoms with Gasteiger partial charge in [0, 0.05) is 25.0 Å². The SMILES string of the molecule is COc1ccc([C@@H]2C[C@H](N)CN(C(=O)OC(C)(C)C)C2)cc1. The number of likely N-dealkylation sites (tertiary alicyclic amines) is 1. The summed E-state index contributed by atoms with van der Waals surface area (Å²) in [6.45, 7) is 6.79. The van der Waals surface area contributed by atoms with Crippen LogP contribution in [0.2, 0.25) is 0 Å². The molecule has 0 spiro atoms. The number of carbonyl (C=O) groups excluding carboxylic acids is 1. The highest BCUT2D eigenvalue weighted by atomic mass is 16.6. The Kier molecular flexibility index (Phi) is 4.96. The number of methoxy groups -OCH3 is 1. The van der Waals surface area contributed by atoms with Gasteiger partial charge in [0.05, 0.1) is 7.11 Å². The molecule has 22 heavy (non-hydrogen) atoms. The summed E-state index contributed by atoms with van der Waals surface area (Å²) in [7, 11) is 1.65. The predicted octanol–water partition coefficient (Wildman–Crippen LogP) is 2.75. The number of ether oxygens (including phenoxy) is 2. The number of rotatable bonds is 2. The smallest absolute Gasteiger partial charge is 0.410 e. The van der Waals surface area contributed by atoms with E-state index >= 15 is 0 Å². The molecular formula is C17H26N2O3. The van der Waals surface area contributed by atoms with Crippen LogP contribution in [0.3, 0.4) is 0 Å². The van der Waals surface area contributed by atoms with Crippen molar-refractivity contribution in [3.8, 4) is 5.75 Å². The van der Waals surface area contributed by atoms with Crippen molar-refractivity contribution in [2.75, 3.05) is 20.2 Å². The van der Waals surface area contributed by atoms with Crippen LogP contribution in [0.1, 0.15) is 38.7 Å². The number of piperidine rings is 1. The van der Waals surface area contributed by atoms with Gasteiger partial charge in [-0.15, -0.1) is 0 Å². The van der Waals surface area contributed by atoms with Crippen molar-refractivity contribution < 1.29 is 14.3 Å². The van der Waals surface area contributed by atoms with Crippen LogP contribution in [0.4, 0.5) is 4.79 Å². The molecule has 5 heteroatoms. The van der Waals surface area contributed by atoms with Gasteiger partial charge < -0.3 is 20.1 Å². The maximum Gasteiger partial charge on any atom is 0.410 e. The molecule has 0 saturated carbocycles. The number of hydrogen-bond acceptors (Lipinski definition) is 4. The highest BCUT2D eigenvalue weighted by Gasteiger charge is 2.31. The molecule has 0 unspecified atom stereocenters. The molecule has 1 aliphatic rings. The number of hydrogen-bond donors (Lipinski definition) is 1. The molecule has 0 radical (unpaired) electrons. The van der Waals surface area contributed by atoms with E-state index in [1.165, 1.54) is 5.56 Å². The number of nitrogens with two attached hydrogens (primary N) is 1. The van der Waals surface area contributed by atoms with E-state index in [4.69, 9.17) is 15.2 Å². The molecule has 0 aromatic heterocycles. The highest BCUT2D eigenvalue weighted by Crippen LogP contribution is 2.28. The van der Waals surface area contributed by atoms with Crippen molar-refractivity contribution >= 4 is 6.09 Å². The summed E-state index contributed by atoms with van der Waals surface area (Å²) >= 11 is 0. The Balaban J connectivity index is 2.08. The lowest BCUT2D eigenvalue weighted by Crippen LogP contribution is -2.50. The first-order chi connectivity index (χ1) is 10.3. The van der Waals surface area contributed by atoms with Gasteiger partial charge in [0.1, 0.15) is 11.4 Å². The Morgan fingerprint density at radius 2 is 1.86 bits per heavy atom. The summed E-state index contributed by atoms with van der Waals surface area (Å²) in [6.07, 6.45) is 0.576. The van der Waals surface area contributed by atoms with Crippen LogP contribution in [0.25, 0.3) is 0 Å². The number of nitrogens with zero attached hydrogens (tertiary/aromatic N) is 1. The van der Waals surface area contributed by atoms with Gasteiger partial charge >= 0.3 is 6.09 Å². The topological polar surface area (TPSA) is 64.8 Å². The second kappa shape index (κ2) is 6.57. The Morgan fingerprint density at radius 3 is 2.41 bits per heavy atom. The molecule has 1 fully saturated rings. The van der Waals surface area contributed by atoms with E-state index < -0.39 is 5.60 Å². The van der Waals surface area contributed by atoms with Crippen molar-refractivity contribution in [2.24, 2.45) is 5.73 Å². The monoisotopic (exact) mass is 306 g/mol. The molecule has 2 N–H and O–H groups in total. The van der Waals surface area contributed by atoms with Gasteiger partial charge in [0.15, 0.2) is 0 Å². The van der Waals surface area contributed by atoms with Crippen molar-refractivity contribution in [2.45, 2.75) is 44.8 Å². The normalized spacial score (nSPS) is 22.3. The minimum atomic E-state index is -0.492. The van der Waals surface area contributed by atoms with E-state index in [-0.39, 0.29) is 18.1 Å². The number of amides is 1. The average molecular weight is 306 g/mol. The summed E-state index contributed by atoms with van der Waals surface area (Å²) in [5.41, 5.74) is 6.82. The molecule has 5 nitrogen and oxygen atoms in total. The molecule has 1 heterocycles. The first-order valence-corrected chi connectivity index (χ1v) is 7.66. The van der Waals surface area contributed by atoms with E-state index in [1.807, 2.05) is 45.0 Å². The number of benzene rings is 1. The van der Waals surface area contributed by atoms with E-state index in [2.05, 4.69) is 0 Å². The van der Waals surface area contributed by atoms with Gasteiger partial charge in [0.25, 0.3) is 0 Å². The minimum absolute atomic E-state index is 0.0339. The van der Waals surface area contributed by atoms with E-state index in [0.29, 0.717) is 13.1 Å². The van der Waals surface area contributed by atoms with Gasteiger partial charge in [-0.2, -0.15) is 0 Å². The summed E-state index contributed by atoms with van der Waals surface area (Å²) < 4.78 is 10.6. The maximum absolute atomic E-state index is 12.3. The molecule has 1 aliphatic heterocycles. The van der Waals surface area contributed by atoms with Crippen LogP contribution in [0.5, 0.6) is 5.75 Å². The third-order valence-corrected chi connectivity index (χ3v) is 3.72. The highest BCUT2D eigenvalue weighted by molar-refractivity contribution is 5.68. The van der Waals surface area contributed by atoms with Crippen molar-refractivity contribution in [3.63, 3.8) is 0 Å². The van der Waals surface area contributed by atoms with Crippen LogP contribution in [-0.2, 0) is 4.74 Å². The van der Waals surface area contributed by atoms with Gasteiger partial charge in [-0.3, -0.25) is 0 Å². The fourth-order valence-electron chi connectivity index (χ4n) is 2.73. The van der Waals surface area contributed by atoms with Gasteiger partial charge in [-0.25, -0.2) is 4.79 Å². The van der Waals surface area contributed by atoms with Gasteiger partial charge in [-0.05, 0) is 44.9 Å². The average Bonchev–Trinajstić information content (AvgIpc) is 2.45. The van der Waals surface area contributed by atoms with Crippen LogP contribution in [0.15, 0.2) is 24.3 Å². The van der Waals surface area contributed by atoms with Gasteiger partial charge in [0.2, 0.25) is 0 Å². The first-order valence-electron chi connectivity index (χ1n) is 7.66. The zero-order chi connectivity index (χ0) is 16.3.